The highest BCUT2D eigenvalue weighted by Gasteiger charge is 2.20. The van der Waals surface area contributed by atoms with Crippen LogP contribution in [0.1, 0.15) is 60.4 Å². The summed E-state index contributed by atoms with van der Waals surface area (Å²) in [6.45, 7) is 10.1. The van der Waals surface area contributed by atoms with Crippen molar-refractivity contribution in [1.82, 2.24) is 15.0 Å². The van der Waals surface area contributed by atoms with Crippen LogP contribution in [0.2, 0.25) is 0 Å². The number of carbonyl (C=O) groups is 1. The molecule has 0 spiro atoms. The van der Waals surface area contributed by atoms with Gasteiger partial charge in [0.1, 0.15) is 4.88 Å². The molecule has 2 rings (SSSR count). The molecule has 0 aliphatic rings. The first-order chi connectivity index (χ1) is 12.5. The second kappa shape index (κ2) is 8.50. The lowest BCUT2D eigenvalue weighted by molar-refractivity contribution is 0.0954. The van der Waals surface area contributed by atoms with Crippen LogP contribution in [0.25, 0.3) is 0 Å². The molecule has 2 aromatic rings. The summed E-state index contributed by atoms with van der Waals surface area (Å²) in [7, 11) is -3.34. The van der Waals surface area contributed by atoms with Gasteiger partial charge in [-0.1, -0.05) is 45.0 Å². The van der Waals surface area contributed by atoms with Gasteiger partial charge in [0.15, 0.2) is 0 Å². The van der Waals surface area contributed by atoms with Crippen molar-refractivity contribution in [2.24, 2.45) is 0 Å². The highest BCUT2D eigenvalue weighted by molar-refractivity contribution is 7.88. The van der Waals surface area contributed by atoms with Crippen LogP contribution < -0.4 is 10.0 Å². The Morgan fingerprint density at radius 3 is 2.26 bits per heavy atom. The van der Waals surface area contributed by atoms with Crippen LogP contribution in [0.3, 0.4) is 0 Å². The van der Waals surface area contributed by atoms with Crippen molar-refractivity contribution in [3.63, 3.8) is 0 Å². The minimum Gasteiger partial charge on any atom is -0.347 e. The molecule has 0 saturated heterocycles. The number of carbonyl (C=O) groups excluding carboxylic acids is 1. The van der Waals surface area contributed by atoms with Gasteiger partial charge in [0, 0.05) is 18.0 Å². The normalized spacial score (nSPS) is 12.4. The zero-order chi connectivity index (χ0) is 20.2. The molecule has 1 aromatic heterocycles. The summed E-state index contributed by atoms with van der Waals surface area (Å²) in [5.74, 6) is -0.218. The van der Waals surface area contributed by atoms with E-state index >= 15 is 0 Å². The number of nitrogens with zero attached hydrogens (tertiary/aromatic N) is 1. The van der Waals surface area contributed by atoms with Gasteiger partial charge in [0.05, 0.1) is 17.0 Å². The van der Waals surface area contributed by atoms with E-state index in [1.54, 1.807) is 32.2 Å². The Morgan fingerprint density at radius 1 is 1.15 bits per heavy atom. The third kappa shape index (κ3) is 6.71. The maximum atomic E-state index is 12.3. The predicted octanol–water partition coefficient (Wildman–Crippen LogP) is 3.20. The maximum Gasteiger partial charge on any atom is 0.263 e. The van der Waals surface area contributed by atoms with Crippen LogP contribution in [-0.2, 0) is 27.7 Å². The fourth-order valence-corrected chi connectivity index (χ4v) is 4.69. The summed E-state index contributed by atoms with van der Waals surface area (Å²) in [5, 5.41) is 3.80. The predicted molar refractivity (Wildman–Crippen MR) is 109 cm³/mol. The summed E-state index contributed by atoms with van der Waals surface area (Å²) >= 11 is 1.40. The largest absolute Gasteiger partial charge is 0.347 e. The van der Waals surface area contributed by atoms with E-state index in [-0.39, 0.29) is 23.1 Å². The minimum absolute atomic E-state index is 0.0612. The third-order valence-corrected chi connectivity index (χ3v) is 6.58. The van der Waals surface area contributed by atoms with Crippen molar-refractivity contribution in [2.45, 2.75) is 58.4 Å². The number of hydrogen-bond donors (Lipinski definition) is 2. The molecule has 0 aliphatic heterocycles. The van der Waals surface area contributed by atoms with Crippen LogP contribution in [0.5, 0.6) is 0 Å². The number of benzene rings is 1. The summed E-state index contributed by atoms with van der Waals surface area (Å²) < 4.78 is 26.5. The molecular formula is C19H27N3O3S2. The van der Waals surface area contributed by atoms with Crippen molar-refractivity contribution in [3.8, 4) is 0 Å². The van der Waals surface area contributed by atoms with Crippen LogP contribution in [-0.4, -0.2) is 25.4 Å². The molecule has 27 heavy (non-hydrogen) atoms. The average Bonchev–Trinajstić information content (AvgIpc) is 3.02. The number of thiazole rings is 1. The van der Waals surface area contributed by atoms with Gasteiger partial charge in [-0.15, -0.1) is 11.3 Å². The molecule has 1 heterocycles. The van der Waals surface area contributed by atoms with Gasteiger partial charge >= 0.3 is 0 Å². The number of amides is 1. The molecule has 0 radical (unpaired) electrons. The SMILES string of the molecule is CC(C)NS(=O)(=O)Cc1ccc(CNC(=O)c2cnc(C(C)(C)C)s2)cc1. The molecule has 0 bridgehead atoms. The van der Waals surface area contributed by atoms with Crippen molar-refractivity contribution >= 4 is 27.3 Å². The third-order valence-electron chi connectivity index (χ3n) is 3.62. The molecule has 2 N–H and O–H groups in total. The first-order valence-corrected chi connectivity index (χ1v) is 11.3. The molecule has 1 aromatic carbocycles. The van der Waals surface area contributed by atoms with Crippen molar-refractivity contribution in [2.75, 3.05) is 0 Å². The smallest absolute Gasteiger partial charge is 0.263 e. The monoisotopic (exact) mass is 409 g/mol. The highest BCUT2D eigenvalue weighted by atomic mass is 32.2. The average molecular weight is 410 g/mol. The number of aromatic nitrogens is 1. The molecule has 0 atom stereocenters. The number of hydrogen-bond acceptors (Lipinski definition) is 5. The number of rotatable bonds is 7. The fourth-order valence-electron chi connectivity index (χ4n) is 2.37. The van der Waals surface area contributed by atoms with E-state index in [2.05, 4.69) is 35.8 Å². The molecule has 0 aliphatic carbocycles. The Hall–Kier alpha value is -1.77. The summed E-state index contributed by atoms with van der Waals surface area (Å²) in [4.78, 5) is 17.2. The second-order valence-electron chi connectivity index (χ2n) is 7.81. The molecule has 148 valence electrons. The quantitative estimate of drug-likeness (QED) is 0.735. The van der Waals surface area contributed by atoms with Crippen molar-refractivity contribution in [1.29, 1.82) is 0 Å². The molecule has 1 amide bonds. The fraction of sp³-hybridized carbons (Fsp3) is 0.474. The van der Waals surface area contributed by atoms with Crippen LogP contribution in [0.15, 0.2) is 30.5 Å². The number of nitrogens with one attached hydrogen (secondary N) is 2. The zero-order valence-electron chi connectivity index (χ0n) is 16.4. The molecule has 0 saturated carbocycles. The Labute approximate surface area is 165 Å². The van der Waals surface area contributed by atoms with Crippen molar-refractivity contribution < 1.29 is 13.2 Å². The van der Waals surface area contributed by atoms with Gasteiger partial charge in [0.25, 0.3) is 5.91 Å². The van der Waals surface area contributed by atoms with Gasteiger partial charge in [-0.3, -0.25) is 4.79 Å². The van der Waals surface area contributed by atoms with Crippen LogP contribution in [0.4, 0.5) is 0 Å². The highest BCUT2D eigenvalue weighted by Crippen LogP contribution is 2.26. The Bertz CT molecular complexity index is 880. The zero-order valence-corrected chi connectivity index (χ0v) is 18.0. The van der Waals surface area contributed by atoms with E-state index in [4.69, 9.17) is 0 Å². The lowest BCUT2D eigenvalue weighted by Crippen LogP contribution is -2.31. The van der Waals surface area contributed by atoms with E-state index in [1.807, 2.05) is 12.1 Å². The Kier molecular flexibility index (Phi) is 6.77. The molecule has 0 fully saturated rings. The van der Waals surface area contributed by atoms with E-state index in [1.165, 1.54) is 11.3 Å². The van der Waals surface area contributed by atoms with Gasteiger partial charge in [-0.05, 0) is 25.0 Å². The van der Waals surface area contributed by atoms with Crippen molar-refractivity contribution in [3.05, 3.63) is 51.5 Å². The molecule has 6 nitrogen and oxygen atoms in total. The van der Waals surface area contributed by atoms with Gasteiger partial charge in [-0.2, -0.15) is 0 Å². The lowest BCUT2D eigenvalue weighted by atomic mass is 9.98. The van der Waals surface area contributed by atoms with Crippen LogP contribution in [0, 0.1) is 0 Å². The summed E-state index contributed by atoms with van der Waals surface area (Å²) in [5.41, 5.74) is 1.53. The van der Waals surface area contributed by atoms with E-state index in [0.29, 0.717) is 17.0 Å². The lowest BCUT2D eigenvalue weighted by Gasteiger charge is -2.13. The summed E-state index contributed by atoms with van der Waals surface area (Å²) in [6, 6.07) is 7.06. The van der Waals surface area contributed by atoms with Gasteiger partial charge in [0.2, 0.25) is 10.0 Å². The van der Waals surface area contributed by atoms with E-state index < -0.39 is 10.0 Å². The second-order valence-corrected chi connectivity index (χ2v) is 10.6. The molecule has 8 heteroatoms. The number of sulfonamides is 1. The van der Waals surface area contributed by atoms with Crippen LogP contribution >= 0.6 is 11.3 Å². The first-order valence-electron chi connectivity index (χ1n) is 8.78. The van der Waals surface area contributed by atoms with Gasteiger partial charge in [-0.25, -0.2) is 18.1 Å². The molecule has 0 unspecified atom stereocenters. The topological polar surface area (TPSA) is 88.2 Å². The maximum absolute atomic E-state index is 12.3. The first kappa shape index (κ1) is 21.5. The Balaban J connectivity index is 1.93. The molecular weight excluding hydrogens is 382 g/mol. The van der Waals surface area contributed by atoms with Gasteiger partial charge < -0.3 is 5.32 Å². The summed E-state index contributed by atoms with van der Waals surface area (Å²) in [6.07, 6.45) is 1.61. The standard InChI is InChI=1S/C19H27N3O3S2/c1-13(2)22-27(24,25)12-15-8-6-14(7-9-15)10-20-17(23)16-11-21-18(26-16)19(3,4)5/h6-9,11,13,22H,10,12H2,1-5H3,(H,20,23). The Morgan fingerprint density at radius 2 is 1.74 bits per heavy atom. The van der Waals surface area contributed by atoms with E-state index in [9.17, 15) is 13.2 Å². The van der Waals surface area contributed by atoms with E-state index in [0.717, 1.165) is 10.6 Å². The minimum atomic E-state index is -3.34.